The number of piperazine rings is 1. The van der Waals surface area contributed by atoms with Crippen molar-refractivity contribution in [2.75, 3.05) is 38.5 Å². The second-order valence-electron chi connectivity index (χ2n) is 15.2. The molecule has 3 aromatic rings. The van der Waals surface area contributed by atoms with Gasteiger partial charge in [0, 0.05) is 57.6 Å². The highest BCUT2D eigenvalue weighted by Crippen LogP contribution is 2.32. The SMILES string of the molecule is CC(C)n1nccc1C(=O)N[C@H](C(=O)Nc1ccc(C[C@@H](NC(=O)c2ccnn2CC2CC2)C(=O)N2CCN(C)CC2)cc1F)[C@H]1CC[C@H](C)CC1. The molecular weight excluding hydrogens is 665 g/mol. The summed E-state index contributed by atoms with van der Waals surface area (Å²) in [6.45, 7) is 9.16. The van der Waals surface area contributed by atoms with E-state index in [1.54, 1.807) is 44.9 Å². The molecule has 0 spiro atoms. The fourth-order valence-corrected chi connectivity index (χ4v) is 7.27. The Morgan fingerprint density at radius 2 is 1.54 bits per heavy atom. The Labute approximate surface area is 304 Å². The maximum atomic E-state index is 15.8. The van der Waals surface area contributed by atoms with Gasteiger partial charge in [-0.2, -0.15) is 10.2 Å². The van der Waals surface area contributed by atoms with Crippen LogP contribution in [0.2, 0.25) is 0 Å². The predicted octanol–water partition coefficient (Wildman–Crippen LogP) is 3.89. The first kappa shape index (κ1) is 37.2. The summed E-state index contributed by atoms with van der Waals surface area (Å²) >= 11 is 0. The van der Waals surface area contributed by atoms with Gasteiger partial charge in [-0.1, -0.05) is 25.8 Å². The van der Waals surface area contributed by atoms with Crippen molar-refractivity contribution >= 4 is 29.3 Å². The average molecular weight is 718 g/mol. The third-order valence-corrected chi connectivity index (χ3v) is 10.7. The molecule has 0 radical (unpaired) electrons. The molecule has 2 atom stereocenters. The topological polar surface area (TPSA) is 146 Å². The summed E-state index contributed by atoms with van der Waals surface area (Å²) in [5, 5.41) is 17.2. The van der Waals surface area contributed by atoms with Crippen LogP contribution >= 0.6 is 0 Å². The van der Waals surface area contributed by atoms with E-state index in [0.29, 0.717) is 61.5 Å². The number of carbonyl (C=O) groups is 4. The van der Waals surface area contributed by atoms with Crippen molar-refractivity contribution < 1.29 is 23.6 Å². The second kappa shape index (κ2) is 16.4. The number of nitrogens with zero attached hydrogens (tertiary/aromatic N) is 6. The molecule has 2 aliphatic carbocycles. The van der Waals surface area contributed by atoms with Crippen molar-refractivity contribution in [3.05, 3.63) is 65.5 Å². The maximum absolute atomic E-state index is 15.8. The van der Waals surface area contributed by atoms with Gasteiger partial charge in [-0.3, -0.25) is 28.5 Å². The monoisotopic (exact) mass is 717 g/mol. The summed E-state index contributed by atoms with van der Waals surface area (Å²) < 4.78 is 19.1. The Kier molecular flexibility index (Phi) is 11.7. The van der Waals surface area contributed by atoms with E-state index in [2.05, 4.69) is 38.0 Å². The van der Waals surface area contributed by atoms with Gasteiger partial charge in [-0.05, 0) is 94.2 Å². The van der Waals surface area contributed by atoms with Gasteiger partial charge in [-0.15, -0.1) is 0 Å². The molecule has 1 aliphatic heterocycles. The maximum Gasteiger partial charge on any atom is 0.270 e. The Hall–Kier alpha value is -4.59. The van der Waals surface area contributed by atoms with Crippen LogP contribution in [0.3, 0.4) is 0 Å². The zero-order valence-electron chi connectivity index (χ0n) is 30.7. The van der Waals surface area contributed by atoms with Crippen molar-refractivity contribution in [3.63, 3.8) is 0 Å². The van der Waals surface area contributed by atoms with Crippen molar-refractivity contribution in [1.82, 2.24) is 40.0 Å². The number of halogens is 1. The van der Waals surface area contributed by atoms with Crippen LogP contribution in [0.5, 0.6) is 0 Å². The van der Waals surface area contributed by atoms with Crippen LogP contribution in [-0.4, -0.2) is 98.3 Å². The van der Waals surface area contributed by atoms with Crippen LogP contribution in [-0.2, 0) is 22.6 Å². The van der Waals surface area contributed by atoms with Crippen molar-refractivity contribution in [2.45, 2.75) is 90.4 Å². The van der Waals surface area contributed by atoms with E-state index in [-0.39, 0.29) is 30.0 Å². The molecule has 13 nitrogen and oxygen atoms in total. The van der Waals surface area contributed by atoms with E-state index in [9.17, 15) is 19.2 Å². The number of benzene rings is 1. The van der Waals surface area contributed by atoms with Gasteiger partial charge in [0.15, 0.2) is 0 Å². The molecular formula is C38H52FN9O4. The smallest absolute Gasteiger partial charge is 0.270 e. The summed E-state index contributed by atoms with van der Waals surface area (Å²) in [5.41, 5.74) is 1.20. The lowest BCUT2D eigenvalue weighted by molar-refractivity contribution is -0.134. The lowest BCUT2D eigenvalue weighted by Gasteiger charge is -2.35. The highest BCUT2D eigenvalue weighted by Gasteiger charge is 2.35. The molecule has 3 N–H and O–H groups in total. The van der Waals surface area contributed by atoms with E-state index < -0.39 is 35.6 Å². The van der Waals surface area contributed by atoms with Crippen molar-refractivity contribution in [2.24, 2.45) is 17.8 Å². The van der Waals surface area contributed by atoms with Gasteiger partial charge in [0.05, 0.1) is 5.69 Å². The van der Waals surface area contributed by atoms with E-state index in [1.807, 2.05) is 20.9 Å². The molecule has 2 saturated carbocycles. The van der Waals surface area contributed by atoms with Crippen LogP contribution in [0, 0.1) is 23.6 Å². The van der Waals surface area contributed by atoms with Crippen LogP contribution in [0.1, 0.15) is 91.9 Å². The zero-order chi connectivity index (χ0) is 36.9. The Morgan fingerprint density at radius 3 is 2.21 bits per heavy atom. The molecule has 52 heavy (non-hydrogen) atoms. The van der Waals surface area contributed by atoms with E-state index in [1.165, 1.54) is 12.1 Å². The first-order chi connectivity index (χ1) is 25.0. The number of hydrogen-bond donors (Lipinski definition) is 3. The van der Waals surface area contributed by atoms with Gasteiger partial charge in [0.1, 0.15) is 29.3 Å². The number of rotatable bonds is 13. The molecule has 4 amide bonds. The lowest BCUT2D eigenvalue weighted by Crippen LogP contribution is -2.55. The van der Waals surface area contributed by atoms with Gasteiger partial charge < -0.3 is 25.8 Å². The van der Waals surface area contributed by atoms with Crippen LogP contribution < -0.4 is 16.0 Å². The number of nitrogens with one attached hydrogen (secondary N) is 3. The van der Waals surface area contributed by atoms with Gasteiger partial charge in [0.2, 0.25) is 11.8 Å². The quantitative estimate of drug-likeness (QED) is 0.243. The van der Waals surface area contributed by atoms with E-state index in [0.717, 1.165) is 38.5 Å². The normalized spacial score (nSPS) is 20.7. The highest BCUT2D eigenvalue weighted by atomic mass is 19.1. The summed E-state index contributed by atoms with van der Waals surface area (Å²) in [7, 11) is 2.00. The Morgan fingerprint density at radius 1 is 0.865 bits per heavy atom. The Balaban J connectivity index is 1.17. The first-order valence-corrected chi connectivity index (χ1v) is 18.7. The number of aromatic nitrogens is 4. The van der Waals surface area contributed by atoms with E-state index in [4.69, 9.17) is 0 Å². The minimum Gasteiger partial charge on any atom is -0.339 e. The molecule has 2 aromatic heterocycles. The number of likely N-dealkylation sites (N-methyl/N-ethyl adjacent to an activating group) is 1. The van der Waals surface area contributed by atoms with E-state index >= 15 is 4.39 Å². The fourth-order valence-electron chi connectivity index (χ4n) is 7.27. The summed E-state index contributed by atoms with van der Waals surface area (Å²) in [6.07, 6.45) is 8.81. The minimum absolute atomic E-state index is 0.0284. The largest absolute Gasteiger partial charge is 0.339 e. The van der Waals surface area contributed by atoms with Crippen LogP contribution in [0.4, 0.5) is 10.1 Å². The van der Waals surface area contributed by atoms with Crippen LogP contribution in [0.15, 0.2) is 42.7 Å². The van der Waals surface area contributed by atoms with Crippen LogP contribution in [0.25, 0.3) is 0 Å². The standard InChI is InChI=1S/C38H52FN9O4/c1-24(2)48-33(14-16-41-48)36(50)44-34(28-10-5-25(3)6-11-28)37(51)42-30-12-9-27(21-29(30)39)22-31(38(52)46-19-17-45(4)18-20-46)43-35(49)32-13-15-40-47(32)23-26-7-8-26/h9,12-16,21,24-26,28,31,34H,5-8,10-11,17-20,22-23H2,1-4H3,(H,42,51)(H,43,49)(H,44,50)/t25-,28-,31-,34+/m1/s1. The molecule has 0 bridgehead atoms. The second-order valence-corrected chi connectivity index (χ2v) is 15.2. The highest BCUT2D eigenvalue weighted by molar-refractivity contribution is 6.01. The number of carbonyl (C=O) groups excluding carboxylic acids is 4. The molecule has 3 aliphatic rings. The van der Waals surface area contributed by atoms with Gasteiger partial charge in [-0.25, -0.2) is 4.39 Å². The minimum atomic E-state index is -0.937. The average Bonchev–Trinajstić information content (AvgIpc) is 3.57. The van der Waals surface area contributed by atoms with Gasteiger partial charge >= 0.3 is 0 Å². The summed E-state index contributed by atoms with van der Waals surface area (Å²) in [4.78, 5) is 58.5. The predicted molar refractivity (Wildman–Crippen MR) is 194 cm³/mol. The summed E-state index contributed by atoms with van der Waals surface area (Å²) in [5.74, 6) is -1.28. The first-order valence-electron chi connectivity index (χ1n) is 18.7. The molecule has 1 saturated heterocycles. The Bertz CT molecular complexity index is 1730. The number of hydrogen-bond acceptors (Lipinski definition) is 7. The number of anilines is 1. The third kappa shape index (κ3) is 9.06. The summed E-state index contributed by atoms with van der Waals surface area (Å²) in [6, 6.07) is 5.84. The molecule has 280 valence electrons. The third-order valence-electron chi connectivity index (χ3n) is 10.7. The van der Waals surface area contributed by atoms with Gasteiger partial charge in [0.25, 0.3) is 11.8 Å². The van der Waals surface area contributed by atoms with Crippen molar-refractivity contribution in [3.8, 4) is 0 Å². The zero-order valence-corrected chi connectivity index (χ0v) is 30.7. The molecule has 6 rings (SSSR count). The number of amides is 4. The molecule has 3 heterocycles. The van der Waals surface area contributed by atoms with Crippen molar-refractivity contribution in [1.29, 1.82) is 0 Å². The molecule has 1 aromatic carbocycles. The fraction of sp³-hybridized carbons (Fsp3) is 0.579. The lowest BCUT2D eigenvalue weighted by atomic mass is 9.79. The molecule has 14 heteroatoms. The molecule has 0 unspecified atom stereocenters. The molecule has 3 fully saturated rings.